The van der Waals surface area contributed by atoms with E-state index in [-0.39, 0.29) is 0 Å². The summed E-state index contributed by atoms with van der Waals surface area (Å²) in [6.45, 7) is 2.92. The first kappa shape index (κ1) is 8.71. The summed E-state index contributed by atoms with van der Waals surface area (Å²) in [5.74, 6) is 1.01. The van der Waals surface area contributed by atoms with Crippen molar-refractivity contribution in [3.63, 3.8) is 0 Å². The van der Waals surface area contributed by atoms with Gasteiger partial charge in [-0.3, -0.25) is 0 Å². The molecular formula is C9H11LiO. The van der Waals surface area contributed by atoms with Crippen LogP contribution < -0.4 is 8.97 Å². The number of hydrogen-bond acceptors (Lipinski definition) is 1. The predicted octanol–water partition coefficient (Wildman–Crippen LogP) is 1.27. The molecule has 0 N–H and O–H groups in total. The average Bonchev–Trinajstić information content (AvgIpc) is 2.03. The Labute approximate surface area is 77.0 Å². The van der Waals surface area contributed by atoms with Crippen molar-refractivity contribution < 1.29 is 4.74 Å². The van der Waals surface area contributed by atoms with Crippen LogP contribution >= 0.6 is 0 Å². The summed E-state index contributed by atoms with van der Waals surface area (Å²) in [6, 6.07) is 8.09. The molecule has 0 saturated heterocycles. The van der Waals surface area contributed by atoms with Crippen molar-refractivity contribution in [2.45, 2.75) is 13.3 Å². The molecule has 1 rings (SSSR count). The standard InChI is InChI=1S/C9H11O.Li/c1-2-8-10-9-6-4-3-5-7-9;/h3-6H,2,8H2,1H3;. The maximum atomic E-state index is 5.49. The number of benzene rings is 1. The van der Waals surface area contributed by atoms with Gasteiger partial charge in [0.1, 0.15) is 0 Å². The molecule has 1 aromatic rings. The van der Waals surface area contributed by atoms with Gasteiger partial charge in [-0.1, -0.05) is 0 Å². The fourth-order valence-corrected chi connectivity index (χ4v) is 0.930. The Morgan fingerprint density at radius 3 is 2.73 bits per heavy atom. The van der Waals surface area contributed by atoms with Crippen LogP contribution in [0.5, 0.6) is 5.75 Å². The van der Waals surface area contributed by atoms with Gasteiger partial charge in [0.2, 0.25) is 0 Å². The van der Waals surface area contributed by atoms with Crippen LogP contribution in [0.4, 0.5) is 0 Å². The third kappa shape index (κ3) is 2.61. The van der Waals surface area contributed by atoms with Crippen LogP contribution in [0.3, 0.4) is 0 Å². The minimum absolute atomic E-state index is 0.810. The molecule has 0 atom stereocenters. The van der Waals surface area contributed by atoms with Crippen LogP contribution in [-0.2, 0) is 0 Å². The topological polar surface area (TPSA) is 9.23 Å². The SMILES string of the molecule is [Li][c]1ccccc1OCCC. The van der Waals surface area contributed by atoms with Gasteiger partial charge in [-0.25, -0.2) is 0 Å². The van der Waals surface area contributed by atoms with E-state index in [4.69, 9.17) is 4.74 Å². The van der Waals surface area contributed by atoms with Crippen LogP contribution in [0.25, 0.3) is 0 Å². The molecule has 1 nitrogen and oxygen atoms in total. The van der Waals surface area contributed by atoms with Crippen LogP contribution in [-0.4, -0.2) is 24.3 Å². The molecule has 0 unspecified atom stereocenters. The van der Waals surface area contributed by atoms with E-state index in [1.54, 1.807) is 0 Å². The molecule has 2 heteroatoms. The summed E-state index contributed by atoms with van der Waals surface area (Å²) in [6.07, 6.45) is 1.06. The molecule has 54 valence electrons. The van der Waals surface area contributed by atoms with E-state index < -0.39 is 0 Å². The monoisotopic (exact) mass is 142 g/mol. The van der Waals surface area contributed by atoms with Gasteiger partial charge in [0.25, 0.3) is 0 Å². The Balaban J connectivity index is 2.62. The second kappa shape index (κ2) is 4.49. The first-order chi connectivity index (χ1) is 5.34. The van der Waals surface area contributed by atoms with Crippen molar-refractivity contribution in [1.29, 1.82) is 0 Å². The van der Waals surface area contributed by atoms with Crippen LogP contribution in [0.2, 0.25) is 0 Å². The van der Waals surface area contributed by atoms with Crippen LogP contribution in [0.1, 0.15) is 13.3 Å². The molecule has 11 heavy (non-hydrogen) atoms. The van der Waals surface area contributed by atoms with E-state index in [2.05, 4.69) is 30.7 Å². The first-order valence-electron chi connectivity index (χ1n) is 4.03. The zero-order chi connectivity index (χ0) is 8.10. The molecule has 0 saturated carbocycles. The molecule has 0 aliphatic rings. The molecular weight excluding hydrogens is 131 g/mol. The molecule has 0 spiro atoms. The van der Waals surface area contributed by atoms with Gasteiger partial charge >= 0.3 is 76.7 Å². The Morgan fingerprint density at radius 2 is 2.09 bits per heavy atom. The van der Waals surface area contributed by atoms with Gasteiger partial charge in [0, 0.05) is 0 Å². The summed E-state index contributed by atoms with van der Waals surface area (Å²) >= 11 is 2.06. The van der Waals surface area contributed by atoms with E-state index in [0.29, 0.717) is 0 Å². The zero-order valence-electron chi connectivity index (χ0n) is 7.13. The normalized spacial score (nSPS) is 9.73. The van der Waals surface area contributed by atoms with E-state index >= 15 is 0 Å². The second-order valence-electron chi connectivity index (χ2n) is 2.61. The summed E-state index contributed by atoms with van der Waals surface area (Å²) in [5, 5.41) is 0. The van der Waals surface area contributed by atoms with Gasteiger partial charge in [0.15, 0.2) is 0 Å². The van der Waals surface area contributed by atoms with Crippen molar-refractivity contribution in [3.05, 3.63) is 24.3 Å². The van der Waals surface area contributed by atoms with Crippen molar-refractivity contribution in [2.75, 3.05) is 6.61 Å². The van der Waals surface area contributed by atoms with Crippen molar-refractivity contribution >= 4 is 22.0 Å². The quantitative estimate of drug-likeness (QED) is 0.577. The van der Waals surface area contributed by atoms with Gasteiger partial charge in [0.05, 0.1) is 0 Å². The van der Waals surface area contributed by atoms with Gasteiger partial charge < -0.3 is 0 Å². The summed E-state index contributed by atoms with van der Waals surface area (Å²) in [7, 11) is 0. The van der Waals surface area contributed by atoms with E-state index in [1.165, 1.54) is 4.24 Å². The fraction of sp³-hybridized carbons (Fsp3) is 0.333. The summed E-state index contributed by atoms with van der Waals surface area (Å²) in [5.41, 5.74) is 0. The Bertz CT molecular complexity index is 223. The zero-order valence-corrected chi connectivity index (χ0v) is 7.13. The number of rotatable bonds is 3. The first-order valence-corrected chi connectivity index (χ1v) is 4.03. The summed E-state index contributed by atoms with van der Waals surface area (Å²) < 4.78 is 6.70. The third-order valence-electron chi connectivity index (χ3n) is 1.56. The van der Waals surface area contributed by atoms with E-state index in [1.807, 2.05) is 18.2 Å². The van der Waals surface area contributed by atoms with E-state index in [9.17, 15) is 0 Å². The van der Waals surface area contributed by atoms with Gasteiger partial charge in [-0.05, 0) is 0 Å². The number of ether oxygens (including phenoxy) is 1. The average molecular weight is 142 g/mol. The van der Waals surface area contributed by atoms with Crippen LogP contribution in [0, 0.1) is 0 Å². The molecule has 0 bridgehead atoms. The third-order valence-corrected chi connectivity index (χ3v) is 1.56. The van der Waals surface area contributed by atoms with E-state index in [0.717, 1.165) is 18.8 Å². The fourth-order valence-electron chi connectivity index (χ4n) is 0.930. The molecule has 0 aliphatic heterocycles. The Kier molecular flexibility index (Phi) is 3.55. The number of hydrogen-bond donors (Lipinski definition) is 0. The molecule has 0 heterocycles. The molecule has 0 amide bonds. The maximum absolute atomic E-state index is 5.49. The minimum atomic E-state index is 0.810. The molecule has 0 radical (unpaired) electrons. The molecule has 0 fully saturated rings. The molecule has 1 aromatic carbocycles. The van der Waals surface area contributed by atoms with Crippen molar-refractivity contribution in [3.8, 4) is 5.75 Å². The van der Waals surface area contributed by atoms with Gasteiger partial charge in [-0.15, -0.1) is 0 Å². The second-order valence-corrected chi connectivity index (χ2v) is 2.61. The number of para-hydroxylation sites is 1. The van der Waals surface area contributed by atoms with Crippen LogP contribution in [0.15, 0.2) is 24.3 Å². The van der Waals surface area contributed by atoms with Gasteiger partial charge in [-0.2, -0.15) is 0 Å². The Hall–Kier alpha value is -0.383. The predicted molar refractivity (Wildman–Crippen MR) is 47.6 cm³/mol. The molecule has 0 aliphatic carbocycles. The summed E-state index contributed by atoms with van der Waals surface area (Å²) in [4.78, 5) is 0. The van der Waals surface area contributed by atoms with Crippen molar-refractivity contribution in [1.82, 2.24) is 0 Å². The van der Waals surface area contributed by atoms with Crippen molar-refractivity contribution in [2.24, 2.45) is 0 Å². The molecule has 0 aromatic heterocycles. The Morgan fingerprint density at radius 1 is 1.36 bits per heavy atom.